The molecular formula is C9H16O6Si. The molecule has 0 amide bonds. The molecule has 0 rings (SSSR count). The molecule has 92 valence electrons. The predicted octanol–water partition coefficient (Wildman–Crippen LogP) is 0.880. The summed E-state index contributed by atoms with van der Waals surface area (Å²) in [7, 11) is -3.55. The van der Waals surface area contributed by atoms with E-state index in [2.05, 4.69) is 0 Å². The van der Waals surface area contributed by atoms with Gasteiger partial charge in [0.15, 0.2) is 0 Å². The third-order valence-electron chi connectivity index (χ3n) is 1.42. The second-order valence-corrected chi connectivity index (χ2v) is 5.96. The zero-order chi connectivity index (χ0) is 12.9. The van der Waals surface area contributed by atoms with Crippen LogP contribution in [0.1, 0.15) is 27.7 Å². The minimum absolute atomic E-state index is 0.391. The number of carbonyl (C=O) groups is 3. The van der Waals surface area contributed by atoms with Crippen molar-refractivity contribution in [1.82, 2.24) is 0 Å². The predicted molar refractivity (Wildman–Crippen MR) is 56.1 cm³/mol. The average molecular weight is 248 g/mol. The lowest BCUT2D eigenvalue weighted by molar-refractivity contribution is -0.150. The van der Waals surface area contributed by atoms with E-state index in [4.69, 9.17) is 13.3 Å². The highest BCUT2D eigenvalue weighted by molar-refractivity contribution is 6.64. The van der Waals surface area contributed by atoms with E-state index in [1.54, 1.807) is 13.8 Å². The van der Waals surface area contributed by atoms with E-state index < -0.39 is 32.6 Å². The Labute approximate surface area is 95.2 Å². The molecular weight excluding hydrogens is 232 g/mol. The van der Waals surface area contributed by atoms with E-state index in [1.165, 1.54) is 6.55 Å². The highest BCUT2D eigenvalue weighted by Crippen LogP contribution is 2.13. The first-order chi connectivity index (χ1) is 7.16. The molecule has 0 saturated heterocycles. The monoisotopic (exact) mass is 248 g/mol. The molecule has 0 aromatic carbocycles. The summed E-state index contributed by atoms with van der Waals surface area (Å²) >= 11 is 0. The lowest BCUT2D eigenvalue weighted by atomic mass is 10.2. The van der Waals surface area contributed by atoms with Crippen molar-refractivity contribution in [2.75, 3.05) is 0 Å². The fourth-order valence-corrected chi connectivity index (χ4v) is 2.66. The van der Waals surface area contributed by atoms with Crippen LogP contribution in [-0.2, 0) is 27.7 Å². The van der Waals surface area contributed by atoms with Crippen LogP contribution in [0.15, 0.2) is 0 Å². The average Bonchev–Trinajstić information content (AvgIpc) is 1.98. The summed E-state index contributed by atoms with van der Waals surface area (Å²) in [4.78, 5) is 33.0. The van der Waals surface area contributed by atoms with Crippen molar-refractivity contribution >= 4 is 26.7 Å². The molecule has 0 aromatic heterocycles. The lowest BCUT2D eigenvalue weighted by Gasteiger charge is -2.23. The van der Waals surface area contributed by atoms with Crippen LogP contribution in [0.4, 0.5) is 0 Å². The van der Waals surface area contributed by atoms with Gasteiger partial charge in [0, 0.05) is 20.4 Å². The van der Waals surface area contributed by atoms with E-state index in [1.807, 2.05) is 0 Å². The SMILES string of the molecule is CC(=O)O[Si](C)(OC(C)=O)OC(=O)C(C)C. The van der Waals surface area contributed by atoms with E-state index >= 15 is 0 Å². The molecule has 6 nitrogen and oxygen atoms in total. The molecule has 0 heterocycles. The van der Waals surface area contributed by atoms with E-state index in [0.29, 0.717) is 0 Å². The number of hydrogen-bond acceptors (Lipinski definition) is 6. The molecule has 7 heteroatoms. The van der Waals surface area contributed by atoms with Gasteiger partial charge in [-0.25, -0.2) is 0 Å². The van der Waals surface area contributed by atoms with Crippen molar-refractivity contribution in [2.24, 2.45) is 5.92 Å². The van der Waals surface area contributed by atoms with Crippen molar-refractivity contribution in [2.45, 2.75) is 34.2 Å². The topological polar surface area (TPSA) is 78.9 Å². The molecule has 0 radical (unpaired) electrons. The second-order valence-electron chi connectivity index (χ2n) is 3.63. The first-order valence-electron chi connectivity index (χ1n) is 4.78. The standard InChI is InChI=1S/C9H16O6Si/c1-6(2)9(12)15-16(5,13-7(3)10)14-8(4)11/h6H,1-5H3. The van der Waals surface area contributed by atoms with Crippen molar-refractivity contribution < 1.29 is 27.7 Å². The summed E-state index contributed by atoms with van der Waals surface area (Å²) in [5.41, 5.74) is 0. The smallest absolute Gasteiger partial charge is 0.455 e. The van der Waals surface area contributed by atoms with Crippen molar-refractivity contribution in [3.05, 3.63) is 0 Å². The Hall–Kier alpha value is -1.37. The van der Waals surface area contributed by atoms with E-state index in [9.17, 15) is 14.4 Å². The minimum Gasteiger partial charge on any atom is -0.455 e. The first kappa shape index (κ1) is 14.6. The van der Waals surface area contributed by atoms with Crippen LogP contribution in [0.25, 0.3) is 0 Å². The first-order valence-corrected chi connectivity index (χ1v) is 7.01. The van der Waals surface area contributed by atoms with Crippen LogP contribution in [0, 0.1) is 5.92 Å². The summed E-state index contributed by atoms with van der Waals surface area (Å²) in [6, 6.07) is 0. The normalized spacial score (nSPS) is 10.9. The van der Waals surface area contributed by atoms with E-state index in [-0.39, 0.29) is 0 Å². The third kappa shape index (κ3) is 5.49. The molecule has 0 unspecified atom stereocenters. The molecule has 0 aliphatic carbocycles. The van der Waals surface area contributed by atoms with Gasteiger partial charge in [-0.3, -0.25) is 14.4 Å². The quantitative estimate of drug-likeness (QED) is 0.687. The van der Waals surface area contributed by atoms with Crippen molar-refractivity contribution in [3.8, 4) is 0 Å². The number of hydrogen-bond donors (Lipinski definition) is 0. The highest BCUT2D eigenvalue weighted by Gasteiger charge is 2.46. The van der Waals surface area contributed by atoms with Gasteiger partial charge in [-0.1, -0.05) is 13.8 Å². The molecule has 0 saturated carbocycles. The Morgan fingerprint density at radius 1 is 0.938 bits per heavy atom. The lowest BCUT2D eigenvalue weighted by Crippen LogP contribution is -2.47. The largest absolute Gasteiger partial charge is 0.701 e. The van der Waals surface area contributed by atoms with E-state index in [0.717, 1.165) is 13.8 Å². The fraction of sp³-hybridized carbons (Fsp3) is 0.667. The summed E-state index contributed by atoms with van der Waals surface area (Å²) < 4.78 is 14.5. The maximum absolute atomic E-state index is 11.4. The van der Waals surface area contributed by atoms with Gasteiger partial charge in [0.05, 0.1) is 5.92 Å². The van der Waals surface area contributed by atoms with Gasteiger partial charge in [0.1, 0.15) is 0 Å². The third-order valence-corrected chi connectivity index (χ3v) is 3.30. The molecule has 0 bridgehead atoms. The minimum atomic E-state index is -3.55. The van der Waals surface area contributed by atoms with Gasteiger partial charge in [-0.2, -0.15) is 0 Å². The Balaban J connectivity index is 4.71. The Bertz CT molecular complexity index is 282. The maximum atomic E-state index is 11.4. The molecule has 16 heavy (non-hydrogen) atoms. The highest BCUT2D eigenvalue weighted by atomic mass is 28.4. The zero-order valence-corrected chi connectivity index (χ0v) is 11.0. The molecule has 0 fully saturated rings. The van der Waals surface area contributed by atoms with Crippen LogP contribution < -0.4 is 0 Å². The fourth-order valence-electron chi connectivity index (χ4n) is 0.885. The zero-order valence-electron chi connectivity index (χ0n) is 10.0. The van der Waals surface area contributed by atoms with Crippen LogP contribution in [0.2, 0.25) is 6.55 Å². The summed E-state index contributed by atoms with van der Waals surface area (Å²) in [6.45, 7) is 6.86. The summed E-state index contributed by atoms with van der Waals surface area (Å²) in [5.74, 6) is -2.28. The van der Waals surface area contributed by atoms with Crippen LogP contribution in [-0.4, -0.2) is 26.7 Å². The Morgan fingerprint density at radius 2 is 1.31 bits per heavy atom. The molecule has 0 N–H and O–H groups in total. The van der Waals surface area contributed by atoms with Gasteiger partial charge in [0.2, 0.25) is 0 Å². The number of rotatable bonds is 4. The van der Waals surface area contributed by atoms with Crippen molar-refractivity contribution in [3.63, 3.8) is 0 Å². The van der Waals surface area contributed by atoms with Crippen LogP contribution in [0.3, 0.4) is 0 Å². The van der Waals surface area contributed by atoms with Crippen molar-refractivity contribution in [1.29, 1.82) is 0 Å². The van der Waals surface area contributed by atoms with Gasteiger partial charge in [0.25, 0.3) is 17.9 Å². The maximum Gasteiger partial charge on any atom is 0.701 e. The molecule has 0 spiro atoms. The van der Waals surface area contributed by atoms with Crippen LogP contribution in [0.5, 0.6) is 0 Å². The van der Waals surface area contributed by atoms with Gasteiger partial charge in [-0.15, -0.1) is 0 Å². The molecule has 0 atom stereocenters. The van der Waals surface area contributed by atoms with Crippen LogP contribution >= 0.6 is 0 Å². The molecule has 0 aliphatic heterocycles. The number of carbonyl (C=O) groups excluding carboxylic acids is 3. The molecule has 0 aliphatic rings. The summed E-state index contributed by atoms with van der Waals surface area (Å²) in [6.07, 6.45) is 0. The van der Waals surface area contributed by atoms with Gasteiger partial charge < -0.3 is 13.3 Å². The molecule has 0 aromatic rings. The Kier molecular flexibility index (Phi) is 5.16. The van der Waals surface area contributed by atoms with Gasteiger partial charge >= 0.3 is 8.80 Å². The second kappa shape index (κ2) is 5.64. The Morgan fingerprint density at radius 3 is 1.56 bits per heavy atom. The summed E-state index contributed by atoms with van der Waals surface area (Å²) in [5, 5.41) is 0. The van der Waals surface area contributed by atoms with Gasteiger partial charge in [-0.05, 0) is 0 Å².